The minimum Gasteiger partial charge on any atom is -0.508 e. The zero-order chi connectivity index (χ0) is 10.4. The minimum atomic E-state index is -0.0910. The van der Waals surface area contributed by atoms with Crippen LogP contribution in [0.15, 0.2) is 36.4 Å². The second kappa shape index (κ2) is 5.29. The fourth-order valence-electron chi connectivity index (χ4n) is 1.03. The molecule has 76 valence electrons. The van der Waals surface area contributed by atoms with Crippen LogP contribution in [-0.4, -0.2) is 22.9 Å². The van der Waals surface area contributed by atoms with Gasteiger partial charge >= 0.3 is 0 Å². The van der Waals surface area contributed by atoms with E-state index in [1.807, 2.05) is 6.92 Å². The molecule has 0 aliphatic rings. The molecule has 1 unspecified atom stereocenters. The van der Waals surface area contributed by atoms with Gasteiger partial charge in [0.2, 0.25) is 0 Å². The fraction of sp³-hybridized carbons (Fsp3) is 0.273. The monoisotopic (exact) mass is 194 g/mol. The molecule has 1 rings (SSSR count). The predicted octanol–water partition coefficient (Wildman–Crippen LogP) is 1.71. The number of aliphatic hydroxyl groups excluding tert-OH is 1. The van der Waals surface area contributed by atoms with Crippen molar-refractivity contribution in [2.24, 2.45) is 0 Å². The molecule has 3 heteroatoms. The standard InChI is InChI=1S/C11H14O3/c1-9(3-2-8-12)14-11-6-4-10(13)5-7-11/h2-7,9,12-13H,8H2,1H3. The summed E-state index contributed by atoms with van der Waals surface area (Å²) in [6, 6.07) is 6.52. The Kier molecular flexibility index (Phi) is 4.01. The van der Waals surface area contributed by atoms with E-state index in [4.69, 9.17) is 14.9 Å². The molecule has 1 aromatic rings. The van der Waals surface area contributed by atoms with E-state index in [1.165, 1.54) is 0 Å². The van der Waals surface area contributed by atoms with Crippen LogP contribution in [0.4, 0.5) is 0 Å². The van der Waals surface area contributed by atoms with Gasteiger partial charge in [-0.1, -0.05) is 6.08 Å². The van der Waals surface area contributed by atoms with Crippen LogP contribution in [0.2, 0.25) is 0 Å². The van der Waals surface area contributed by atoms with Crippen molar-refractivity contribution in [1.82, 2.24) is 0 Å². The van der Waals surface area contributed by atoms with Gasteiger partial charge in [0.25, 0.3) is 0 Å². The molecule has 0 fully saturated rings. The zero-order valence-corrected chi connectivity index (χ0v) is 8.05. The van der Waals surface area contributed by atoms with Crippen molar-refractivity contribution in [3.63, 3.8) is 0 Å². The number of hydrogen-bond donors (Lipinski definition) is 2. The molecule has 0 heterocycles. The molecule has 0 radical (unpaired) electrons. The summed E-state index contributed by atoms with van der Waals surface area (Å²) in [5.41, 5.74) is 0. The molecule has 0 bridgehead atoms. The van der Waals surface area contributed by atoms with Gasteiger partial charge in [-0.15, -0.1) is 0 Å². The SMILES string of the molecule is CC(C=CCO)Oc1ccc(O)cc1. The van der Waals surface area contributed by atoms with Crippen molar-refractivity contribution >= 4 is 0 Å². The van der Waals surface area contributed by atoms with Crippen molar-refractivity contribution in [2.75, 3.05) is 6.61 Å². The fourth-order valence-corrected chi connectivity index (χ4v) is 1.03. The first-order valence-electron chi connectivity index (χ1n) is 4.45. The molecule has 0 aliphatic heterocycles. The molecule has 0 spiro atoms. The lowest BCUT2D eigenvalue weighted by atomic mass is 10.3. The third-order valence-corrected chi connectivity index (χ3v) is 1.67. The summed E-state index contributed by atoms with van der Waals surface area (Å²) in [4.78, 5) is 0. The quantitative estimate of drug-likeness (QED) is 0.717. The van der Waals surface area contributed by atoms with Crippen LogP contribution in [0.3, 0.4) is 0 Å². The van der Waals surface area contributed by atoms with Gasteiger partial charge < -0.3 is 14.9 Å². The summed E-state index contributed by atoms with van der Waals surface area (Å²) in [7, 11) is 0. The van der Waals surface area contributed by atoms with Crippen LogP contribution in [0.25, 0.3) is 0 Å². The average molecular weight is 194 g/mol. The van der Waals surface area contributed by atoms with Gasteiger partial charge in [0.05, 0.1) is 6.61 Å². The van der Waals surface area contributed by atoms with Crippen molar-refractivity contribution in [1.29, 1.82) is 0 Å². The number of aromatic hydroxyl groups is 1. The number of phenols is 1. The summed E-state index contributed by atoms with van der Waals surface area (Å²) in [5.74, 6) is 0.911. The summed E-state index contributed by atoms with van der Waals surface area (Å²) in [6.07, 6.45) is 3.31. The zero-order valence-electron chi connectivity index (χ0n) is 8.05. The summed E-state index contributed by atoms with van der Waals surface area (Å²) < 4.78 is 5.46. The van der Waals surface area contributed by atoms with E-state index in [9.17, 15) is 0 Å². The van der Waals surface area contributed by atoms with Crippen LogP contribution in [-0.2, 0) is 0 Å². The van der Waals surface area contributed by atoms with Gasteiger partial charge in [-0.3, -0.25) is 0 Å². The van der Waals surface area contributed by atoms with E-state index in [0.29, 0.717) is 5.75 Å². The smallest absolute Gasteiger partial charge is 0.120 e. The molecule has 2 N–H and O–H groups in total. The minimum absolute atomic E-state index is 0.0171. The maximum Gasteiger partial charge on any atom is 0.120 e. The molecule has 0 saturated heterocycles. The molecule has 0 aliphatic carbocycles. The number of phenolic OH excluding ortho intramolecular Hbond substituents is 1. The predicted molar refractivity (Wildman–Crippen MR) is 54.4 cm³/mol. The lowest BCUT2D eigenvalue weighted by Crippen LogP contribution is -2.07. The molecule has 14 heavy (non-hydrogen) atoms. The Bertz CT molecular complexity index is 290. The summed E-state index contributed by atoms with van der Waals surface area (Å²) >= 11 is 0. The molecular formula is C11H14O3. The lowest BCUT2D eigenvalue weighted by molar-refractivity contribution is 0.267. The third-order valence-electron chi connectivity index (χ3n) is 1.67. The molecule has 0 saturated carbocycles. The number of benzene rings is 1. The molecule has 0 aromatic heterocycles. The Balaban J connectivity index is 2.51. The number of ether oxygens (including phenoxy) is 1. The van der Waals surface area contributed by atoms with Gasteiger partial charge in [-0.05, 0) is 37.3 Å². The van der Waals surface area contributed by atoms with Gasteiger partial charge in [0.1, 0.15) is 17.6 Å². The van der Waals surface area contributed by atoms with E-state index in [-0.39, 0.29) is 18.5 Å². The first-order valence-corrected chi connectivity index (χ1v) is 4.45. The third kappa shape index (κ3) is 3.49. The lowest BCUT2D eigenvalue weighted by Gasteiger charge is -2.10. The topological polar surface area (TPSA) is 49.7 Å². The van der Waals surface area contributed by atoms with Gasteiger partial charge in [-0.2, -0.15) is 0 Å². The van der Waals surface area contributed by atoms with Crippen LogP contribution in [0.5, 0.6) is 11.5 Å². The van der Waals surface area contributed by atoms with Crippen LogP contribution < -0.4 is 4.74 Å². The van der Waals surface area contributed by atoms with Crippen molar-refractivity contribution in [2.45, 2.75) is 13.0 Å². The number of hydrogen-bond acceptors (Lipinski definition) is 3. The Morgan fingerprint density at radius 2 is 2.00 bits per heavy atom. The van der Waals surface area contributed by atoms with Crippen molar-refractivity contribution in [3.8, 4) is 11.5 Å². The molecule has 1 atom stereocenters. The second-order valence-corrected chi connectivity index (χ2v) is 2.93. The maximum atomic E-state index is 9.03. The summed E-state index contributed by atoms with van der Waals surface area (Å²) in [6.45, 7) is 1.89. The van der Waals surface area contributed by atoms with Crippen LogP contribution >= 0.6 is 0 Å². The Labute approximate surface area is 83.3 Å². The molecule has 1 aromatic carbocycles. The van der Waals surface area contributed by atoms with Gasteiger partial charge in [0.15, 0.2) is 0 Å². The molecule has 0 amide bonds. The van der Waals surface area contributed by atoms with E-state index in [0.717, 1.165) is 0 Å². The highest BCUT2D eigenvalue weighted by Crippen LogP contribution is 2.17. The maximum absolute atomic E-state index is 9.03. The van der Waals surface area contributed by atoms with Crippen molar-refractivity contribution < 1.29 is 14.9 Å². The Morgan fingerprint density at radius 1 is 1.36 bits per heavy atom. The highest BCUT2D eigenvalue weighted by atomic mass is 16.5. The Morgan fingerprint density at radius 3 is 2.57 bits per heavy atom. The van der Waals surface area contributed by atoms with Gasteiger partial charge in [-0.25, -0.2) is 0 Å². The van der Waals surface area contributed by atoms with Crippen LogP contribution in [0.1, 0.15) is 6.92 Å². The average Bonchev–Trinajstić information content (AvgIpc) is 2.18. The number of rotatable bonds is 4. The molecular weight excluding hydrogens is 180 g/mol. The van der Waals surface area contributed by atoms with E-state index < -0.39 is 0 Å². The molecule has 3 nitrogen and oxygen atoms in total. The van der Waals surface area contributed by atoms with Crippen LogP contribution in [0, 0.1) is 0 Å². The summed E-state index contributed by atoms with van der Waals surface area (Å²) in [5, 5.41) is 17.6. The van der Waals surface area contributed by atoms with E-state index in [1.54, 1.807) is 36.4 Å². The first-order chi connectivity index (χ1) is 6.72. The highest BCUT2D eigenvalue weighted by Gasteiger charge is 1.98. The van der Waals surface area contributed by atoms with Gasteiger partial charge in [0, 0.05) is 0 Å². The van der Waals surface area contributed by atoms with E-state index in [2.05, 4.69) is 0 Å². The Hall–Kier alpha value is -1.48. The largest absolute Gasteiger partial charge is 0.508 e. The normalized spacial score (nSPS) is 13.0. The van der Waals surface area contributed by atoms with E-state index >= 15 is 0 Å². The highest BCUT2D eigenvalue weighted by molar-refractivity contribution is 5.30. The number of aliphatic hydroxyl groups is 1. The second-order valence-electron chi connectivity index (χ2n) is 2.93. The first kappa shape index (κ1) is 10.6. The van der Waals surface area contributed by atoms with Crippen molar-refractivity contribution in [3.05, 3.63) is 36.4 Å².